The number of ether oxygens (including phenoxy) is 1. The zero-order valence-corrected chi connectivity index (χ0v) is 16.3. The molecule has 1 N–H and O–H groups in total. The Bertz CT molecular complexity index is 715. The van der Waals surface area contributed by atoms with E-state index in [1.807, 2.05) is 19.1 Å². The maximum absolute atomic E-state index is 12.6. The molecule has 1 saturated carbocycles. The molecule has 6 nitrogen and oxygen atoms in total. The number of carbonyl (C=O) groups excluding carboxylic acids is 2. The molecule has 148 valence electrons. The zero-order chi connectivity index (χ0) is 19.0. The van der Waals surface area contributed by atoms with E-state index in [0.29, 0.717) is 24.8 Å². The fourth-order valence-corrected chi connectivity index (χ4v) is 5.73. The first kappa shape index (κ1) is 18.4. The van der Waals surface area contributed by atoms with Crippen molar-refractivity contribution in [2.24, 2.45) is 11.8 Å². The Kier molecular flexibility index (Phi) is 4.91. The van der Waals surface area contributed by atoms with Gasteiger partial charge in [-0.3, -0.25) is 4.79 Å². The van der Waals surface area contributed by atoms with Crippen molar-refractivity contribution in [3.63, 3.8) is 0 Å². The highest BCUT2D eigenvalue weighted by atomic mass is 16.6. The molecular formula is C21H30N2O4. The average molecular weight is 374 g/mol. The number of furan rings is 1. The number of carbonyl (C=O) groups is 2. The molecule has 1 aromatic heterocycles. The van der Waals surface area contributed by atoms with Gasteiger partial charge in [-0.2, -0.15) is 0 Å². The zero-order valence-electron chi connectivity index (χ0n) is 16.3. The molecule has 1 spiro atoms. The molecular weight excluding hydrogens is 344 g/mol. The van der Waals surface area contributed by atoms with Crippen LogP contribution in [0.15, 0.2) is 16.5 Å². The van der Waals surface area contributed by atoms with E-state index in [9.17, 15) is 9.59 Å². The lowest BCUT2D eigenvalue weighted by atomic mass is 9.64. The van der Waals surface area contributed by atoms with E-state index in [4.69, 9.17) is 9.15 Å². The van der Waals surface area contributed by atoms with Crippen LogP contribution < -0.4 is 5.32 Å². The molecule has 0 unspecified atom stereocenters. The minimum absolute atomic E-state index is 0.00896. The lowest BCUT2D eigenvalue weighted by Crippen LogP contribution is -2.58. The quantitative estimate of drug-likeness (QED) is 0.874. The molecule has 27 heavy (non-hydrogen) atoms. The van der Waals surface area contributed by atoms with Crippen LogP contribution in [0.2, 0.25) is 0 Å². The van der Waals surface area contributed by atoms with E-state index < -0.39 is 0 Å². The predicted molar refractivity (Wildman–Crippen MR) is 100.0 cm³/mol. The Morgan fingerprint density at radius 3 is 2.96 bits per heavy atom. The van der Waals surface area contributed by atoms with Gasteiger partial charge in [0.25, 0.3) is 0 Å². The van der Waals surface area contributed by atoms with Gasteiger partial charge in [0.15, 0.2) is 0 Å². The number of alkyl carbamates (subject to hydrolysis) is 1. The standard InChI is InChI=1S/C21H30N2O4/c1-14-7-8-16(26-14)13-22-20(25)27-18-9-11-21-10-4-12-23(21)19(24)6-3-5-17(21)15(18)2/h7-8,15,17-18H,3-6,9-13H2,1-2H3,(H,22,25)/t15-,17+,18+,21-/m1/s1. The van der Waals surface area contributed by atoms with Crippen molar-refractivity contribution >= 4 is 12.0 Å². The summed E-state index contributed by atoms with van der Waals surface area (Å²) < 4.78 is 11.3. The van der Waals surface area contributed by atoms with Gasteiger partial charge in [0, 0.05) is 18.5 Å². The third kappa shape index (κ3) is 3.34. The molecule has 4 rings (SSSR count). The summed E-state index contributed by atoms with van der Waals surface area (Å²) in [7, 11) is 0. The SMILES string of the molecule is Cc1ccc(CNC(=O)O[C@H]2CC[C@@]34CCCN3C(=O)CCC[C@H]4[C@H]2C)o1. The topological polar surface area (TPSA) is 71.8 Å². The molecule has 1 aliphatic carbocycles. The minimum atomic E-state index is -0.384. The normalized spacial score (nSPS) is 33.2. The lowest BCUT2D eigenvalue weighted by Gasteiger charge is -2.51. The fourth-order valence-electron chi connectivity index (χ4n) is 5.73. The highest BCUT2D eigenvalue weighted by molar-refractivity contribution is 5.78. The van der Waals surface area contributed by atoms with Gasteiger partial charge in [-0.25, -0.2) is 4.79 Å². The smallest absolute Gasteiger partial charge is 0.407 e. The van der Waals surface area contributed by atoms with Gasteiger partial charge in [0.2, 0.25) is 5.91 Å². The van der Waals surface area contributed by atoms with Crippen LogP contribution in [0.5, 0.6) is 0 Å². The Balaban J connectivity index is 1.39. The summed E-state index contributed by atoms with van der Waals surface area (Å²) in [5.74, 6) is 2.57. The number of nitrogens with one attached hydrogen (secondary N) is 1. The number of hydrogen-bond acceptors (Lipinski definition) is 4. The molecule has 4 atom stereocenters. The van der Waals surface area contributed by atoms with Gasteiger partial charge in [-0.05, 0) is 69.4 Å². The number of aryl methyl sites for hydroxylation is 1. The molecule has 0 aromatic carbocycles. The molecule has 6 heteroatoms. The van der Waals surface area contributed by atoms with Crippen molar-refractivity contribution in [1.82, 2.24) is 10.2 Å². The first-order valence-corrected chi connectivity index (χ1v) is 10.3. The first-order valence-electron chi connectivity index (χ1n) is 10.3. The third-order valence-corrected chi connectivity index (χ3v) is 6.97. The summed E-state index contributed by atoms with van der Waals surface area (Å²) in [4.78, 5) is 27.0. The van der Waals surface area contributed by atoms with Gasteiger partial charge in [-0.1, -0.05) is 6.92 Å². The summed E-state index contributed by atoms with van der Waals surface area (Å²) >= 11 is 0. The van der Waals surface area contributed by atoms with E-state index in [0.717, 1.165) is 56.6 Å². The van der Waals surface area contributed by atoms with E-state index in [1.54, 1.807) is 0 Å². The van der Waals surface area contributed by atoms with E-state index in [1.165, 1.54) is 0 Å². The van der Waals surface area contributed by atoms with Crippen LogP contribution in [-0.4, -0.2) is 35.1 Å². The minimum Gasteiger partial charge on any atom is -0.465 e. The van der Waals surface area contributed by atoms with Crippen LogP contribution in [0.4, 0.5) is 4.79 Å². The molecule has 3 heterocycles. The first-order chi connectivity index (χ1) is 13.0. The molecule has 0 radical (unpaired) electrons. The Hall–Kier alpha value is -1.98. The Labute approximate surface area is 160 Å². The summed E-state index contributed by atoms with van der Waals surface area (Å²) in [5.41, 5.74) is 0.00896. The van der Waals surface area contributed by atoms with Crippen LogP contribution in [-0.2, 0) is 16.1 Å². The summed E-state index contributed by atoms with van der Waals surface area (Å²) in [6.45, 7) is 5.32. The second-order valence-electron chi connectivity index (χ2n) is 8.46. The van der Waals surface area contributed by atoms with Crippen LogP contribution >= 0.6 is 0 Å². The summed E-state index contributed by atoms with van der Waals surface area (Å²) in [5, 5.41) is 2.80. The van der Waals surface area contributed by atoms with E-state index in [-0.39, 0.29) is 23.7 Å². The van der Waals surface area contributed by atoms with E-state index in [2.05, 4.69) is 17.1 Å². The van der Waals surface area contributed by atoms with Gasteiger partial charge in [0.1, 0.15) is 17.6 Å². The molecule has 2 saturated heterocycles. The molecule has 0 bridgehead atoms. The van der Waals surface area contributed by atoms with Crippen LogP contribution in [0.1, 0.15) is 63.4 Å². The van der Waals surface area contributed by atoms with E-state index >= 15 is 0 Å². The van der Waals surface area contributed by atoms with Gasteiger partial charge < -0.3 is 19.4 Å². The van der Waals surface area contributed by atoms with Gasteiger partial charge in [-0.15, -0.1) is 0 Å². The fraction of sp³-hybridized carbons (Fsp3) is 0.714. The molecule has 3 fully saturated rings. The maximum atomic E-state index is 12.6. The summed E-state index contributed by atoms with van der Waals surface area (Å²) in [6, 6.07) is 3.74. The van der Waals surface area contributed by atoms with Crippen LogP contribution in [0.25, 0.3) is 0 Å². The van der Waals surface area contributed by atoms with Crippen LogP contribution in [0, 0.1) is 18.8 Å². The molecule has 2 aliphatic heterocycles. The van der Waals surface area contributed by atoms with Crippen molar-refractivity contribution in [2.75, 3.05) is 6.54 Å². The molecule has 3 aliphatic rings. The number of hydrogen-bond donors (Lipinski definition) is 1. The van der Waals surface area contributed by atoms with Gasteiger partial charge in [0.05, 0.1) is 6.54 Å². The number of nitrogens with zero attached hydrogens (tertiary/aromatic N) is 1. The van der Waals surface area contributed by atoms with Crippen molar-refractivity contribution in [3.8, 4) is 0 Å². The second-order valence-corrected chi connectivity index (χ2v) is 8.46. The van der Waals surface area contributed by atoms with Gasteiger partial charge >= 0.3 is 6.09 Å². The Morgan fingerprint density at radius 1 is 1.33 bits per heavy atom. The van der Waals surface area contributed by atoms with Crippen molar-refractivity contribution in [2.45, 2.75) is 77.0 Å². The van der Waals surface area contributed by atoms with Crippen molar-refractivity contribution in [1.29, 1.82) is 0 Å². The predicted octanol–water partition coefficient (Wildman–Crippen LogP) is 3.77. The Morgan fingerprint density at radius 2 is 2.19 bits per heavy atom. The number of rotatable bonds is 3. The second kappa shape index (κ2) is 7.21. The molecule has 2 amide bonds. The van der Waals surface area contributed by atoms with Crippen LogP contribution in [0.3, 0.4) is 0 Å². The average Bonchev–Trinajstić information content (AvgIpc) is 3.22. The highest BCUT2D eigenvalue weighted by Gasteiger charge is 2.55. The third-order valence-electron chi connectivity index (χ3n) is 6.97. The number of amides is 2. The van der Waals surface area contributed by atoms with Crippen molar-refractivity contribution in [3.05, 3.63) is 23.7 Å². The largest absolute Gasteiger partial charge is 0.465 e. The highest BCUT2D eigenvalue weighted by Crippen LogP contribution is 2.52. The lowest BCUT2D eigenvalue weighted by molar-refractivity contribution is -0.140. The maximum Gasteiger partial charge on any atom is 0.407 e. The molecule has 1 aromatic rings. The van der Waals surface area contributed by atoms with Crippen molar-refractivity contribution < 1.29 is 18.7 Å². The monoisotopic (exact) mass is 374 g/mol. The summed E-state index contributed by atoms with van der Waals surface area (Å²) in [6.07, 6.45) is 6.17.